The van der Waals surface area contributed by atoms with Crippen molar-refractivity contribution in [1.29, 1.82) is 0 Å². The predicted octanol–water partition coefficient (Wildman–Crippen LogP) is 3.96. The van der Waals surface area contributed by atoms with E-state index < -0.39 is 5.97 Å². The third-order valence-corrected chi connectivity index (χ3v) is 6.94. The molecular weight excluding hydrogens is 460 g/mol. The van der Waals surface area contributed by atoms with E-state index >= 15 is 0 Å². The second-order valence-electron chi connectivity index (χ2n) is 7.96. The maximum absolute atomic E-state index is 11.3. The molecule has 3 N–H and O–H groups in total. The number of halogens is 1. The average Bonchev–Trinajstić information content (AvgIpc) is 3.47. The maximum Gasteiger partial charge on any atom is 0.306 e. The molecule has 8 nitrogen and oxygen atoms in total. The van der Waals surface area contributed by atoms with Gasteiger partial charge in [-0.25, -0.2) is 4.98 Å². The Balaban J connectivity index is 1.51. The fourth-order valence-electron chi connectivity index (χ4n) is 4.35. The van der Waals surface area contributed by atoms with Gasteiger partial charge in [0.2, 0.25) is 0 Å². The summed E-state index contributed by atoms with van der Waals surface area (Å²) in [7, 11) is 0. The van der Waals surface area contributed by atoms with E-state index in [1.54, 1.807) is 10.7 Å². The monoisotopic (exact) mass is 480 g/mol. The van der Waals surface area contributed by atoms with Crippen LogP contribution in [0.15, 0.2) is 40.1 Å². The molecule has 0 saturated heterocycles. The lowest BCUT2D eigenvalue weighted by molar-refractivity contribution is -0.142. The van der Waals surface area contributed by atoms with Gasteiger partial charge < -0.3 is 10.8 Å². The summed E-state index contributed by atoms with van der Waals surface area (Å²) in [6.45, 7) is 0.696. The standard InChI is InChI=1S/C22H21BrN6O2/c23-18-19(12-1-3-13(4-2-12)22(30)31)28-21-16(11-27-29(21)20(18)24)14-5-6-17(26-10-14)15-7-8-25-9-15/h5-7,9-13H,1-4,8,24H2,(H,30,31). The van der Waals surface area contributed by atoms with Crippen molar-refractivity contribution < 1.29 is 9.90 Å². The zero-order chi connectivity index (χ0) is 21.5. The first-order valence-electron chi connectivity index (χ1n) is 10.2. The largest absolute Gasteiger partial charge is 0.481 e. The van der Waals surface area contributed by atoms with E-state index in [0.717, 1.165) is 45.4 Å². The van der Waals surface area contributed by atoms with Gasteiger partial charge in [0.15, 0.2) is 5.65 Å². The highest BCUT2D eigenvalue weighted by Crippen LogP contribution is 2.40. The summed E-state index contributed by atoms with van der Waals surface area (Å²) in [5.41, 5.74) is 11.6. The molecular formula is C22H21BrN6O2. The van der Waals surface area contributed by atoms with Crippen molar-refractivity contribution in [1.82, 2.24) is 19.6 Å². The number of carboxylic acid groups (broad SMARTS) is 1. The van der Waals surface area contributed by atoms with Crippen molar-refractivity contribution in [2.24, 2.45) is 10.9 Å². The van der Waals surface area contributed by atoms with Crippen molar-refractivity contribution in [3.63, 3.8) is 0 Å². The summed E-state index contributed by atoms with van der Waals surface area (Å²) in [6, 6.07) is 3.97. The number of pyridine rings is 1. The Morgan fingerprint density at radius 3 is 2.65 bits per heavy atom. The van der Waals surface area contributed by atoms with E-state index in [4.69, 9.17) is 10.7 Å². The molecule has 1 aliphatic heterocycles. The number of carbonyl (C=O) groups is 1. The van der Waals surface area contributed by atoms with Crippen LogP contribution in [0.3, 0.4) is 0 Å². The van der Waals surface area contributed by atoms with Crippen LogP contribution in [0.25, 0.3) is 22.3 Å². The summed E-state index contributed by atoms with van der Waals surface area (Å²) in [5, 5.41) is 13.7. The summed E-state index contributed by atoms with van der Waals surface area (Å²) in [5.74, 6) is -0.335. The lowest BCUT2D eigenvalue weighted by atomic mass is 9.80. The molecule has 2 aliphatic rings. The fraction of sp³-hybridized carbons (Fsp3) is 0.318. The maximum atomic E-state index is 11.3. The molecule has 1 aliphatic carbocycles. The van der Waals surface area contributed by atoms with Crippen LogP contribution in [0.2, 0.25) is 0 Å². The molecule has 9 heteroatoms. The molecule has 158 valence electrons. The number of hydrogen-bond acceptors (Lipinski definition) is 6. The number of allylic oxidation sites excluding steroid dienone is 1. The molecule has 31 heavy (non-hydrogen) atoms. The van der Waals surface area contributed by atoms with E-state index in [-0.39, 0.29) is 11.8 Å². The van der Waals surface area contributed by atoms with Gasteiger partial charge in [-0.1, -0.05) is 12.1 Å². The Bertz CT molecular complexity index is 1220. The molecule has 0 amide bonds. The molecule has 0 aromatic carbocycles. The summed E-state index contributed by atoms with van der Waals surface area (Å²) < 4.78 is 2.36. The SMILES string of the molecule is Nc1c(Br)c(C2CCC(C(=O)O)CC2)nc2c(-c3ccc(C4=CCN=C4)nc3)cnn12. The normalized spacial score (nSPS) is 20.9. The molecule has 0 radical (unpaired) electrons. The van der Waals surface area contributed by atoms with Crippen LogP contribution in [0.1, 0.15) is 43.0 Å². The number of anilines is 1. The number of aliphatic imine (C=N–C) groups is 1. The Kier molecular flexibility index (Phi) is 5.05. The molecule has 1 fully saturated rings. The molecule has 4 heterocycles. The molecule has 0 atom stereocenters. The number of hydrogen-bond donors (Lipinski definition) is 2. The summed E-state index contributed by atoms with van der Waals surface area (Å²) >= 11 is 3.60. The molecule has 1 saturated carbocycles. The molecule has 0 bridgehead atoms. The van der Waals surface area contributed by atoms with E-state index in [0.29, 0.717) is 30.9 Å². The molecule has 5 rings (SSSR count). The van der Waals surface area contributed by atoms with Gasteiger partial charge in [0.1, 0.15) is 5.82 Å². The van der Waals surface area contributed by atoms with E-state index in [1.807, 2.05) is 30.6 Å². The minimum atomic E-state index is -0.714. The van der Waals surface area contributed by atoms with Crippen LogP contribution in [0.4, 0.5) is 5.82 Å². The number of rotatable bonds is 4. The number of aliphatic carboxylic acids is 1. The third kappa shape index (κ3) is 3.52. The lowest BCUT2D eigenvalue weighted by Crippen LogP contribution is -2.21. The van der Waals surface area contributed by atoms with E-state index in [2.05, 4.69) is 31.0 Å². The number of nitrogen functional groups attached to an aromatic ring is 1. The second-order valence-corrected chi connectivity index (χ2v) is 8.76. The zero-order valence-corrected chi connectivity index (χ0v) is 18.3. The van der Waals surface area contributed by atoms with Crippen LogP contribution >= 0.6 is 15.9 Å². The zero-order valence-electron chi connectivity index (χ0n) is 16.7. The van der Waals surface area contributed by atoms with Crippen LogP contribution in [0, 0.1) is 5.92 Å². The van der Waals surface area contributed by atoms with Gasteiger partial charge >= 0.3 is 5.97 Å². The van der Waals surface area contributed by atoms with Gasteiger partial charge in [0.05, 0.1) is 34.5 Å². The first kappa shape index (κ1) is 19.9. The van der Waals surface area contributed by atoms with Gasteiger partial charge in [0, 0.05) is 35.0 Å². The first-order valence-corrected chi connectivity index (χ1v) is 11.0. The topological polar surface area (TPSA) is 119 Å². The van der Waals surface area contributed by atoms with Crippen LogP contribution in [-0.2, 0) is 4.79 Å². The second kappa shape index (κ2) is 7.88. The molecule has 3 aromatic heterocycles. The molecule has 0 spiro atoms. The third-order valence-electron chi connectivity index (χ3n) is 6.13. The number of aromatic nitrogens is 4. The van der Waals surface area contributed by atoms with Crippen LogP contribution < -0.4 is 5.73 Å². The smallest absolute Gasteiger partial charge is 0.306 e. The van der Waals surface area contributed by atoms with E-state index in [9.17, 15) is 9.90 Å². The highest BCUT2D eigenvalue weighted by molar-refractivity contribution is 9.10. The lowest BCUT2D eigenvalue weighted by Gasteiger charge is -2.26. The van der Waals surface area contributed by atoms with Crippen molar-refractivity contribution in [3.8, 4) is 11.1 Å². The van der Waals surface area contributed by atoms with Crippen LogP contribution in [0.5, 0.6) is 0 Å². The predicted molar refractivity (Wildman–Crippen MR) is 122 cm³/mol. The molecule has 0 unspecified atom stereocenters. The quantitative estimate of drug-likeness (QED) is 0.582. The Morgan fingerprint density at radius 2 is 2.00 bits per heavy atom. The van der Waals surface area contributed by atoms with E-state index in [1.165, 1.54) is 0 Å². The van der Waals surface area contributed by atoms with Crippen LogP contribution in [-0.4, -0.2) is 43.4 Å². The van der Waals surface area contributed by atoms with Gasteiger partial charge in [-0.2, -0.15) is 9.61 Å². The van der Waals surface area contributed by atoms with Gasteiger partial charge in [0.25, 0.3) is 0 Å². The minimum Gasteiger partial charge on any atom is -0.481 e. The minimum absolute atomic E-state index is 0.161. The summed E-state index contributed by atoms with van der Waals surface area (Å²) in [6.07, 6.45) is 10.3. The highest BCUT2D eigenvalue weighted by atomic mass is 79.9. The summed E-state index contributed by atoms with van der Waals surface area (Å²) in [4.78, 5) is 25.0. The number of nitrogens with zero attached hydrogens (tertiary/aromatic N) is 5. The van der Waals surface area contributed by atoms with Crippen molar-refractivity contribution >= 4 is 45.2 Å². The van der Waals surface area contributed by atoms with Gasteiger partial charge in [-0.05, 0) is 47.7 Å². The average molecular weight is 481 g/mol. The Morgan fingerprint density at radius 1 is 1.19 bits per heavy atom. The Hall–Kier alpha value is -3.07. The first-order chi connectivity index (χ1) is 15.0. The van der Waals surface area contributed by atoms with Crippen molar-refractivity contribution in [2.45, 2.75) is 31.6 Å². The van der Waals surface area contributed by atoms with Crippen molar-refractivity contribution in [3.05, 3.63) is 46.5 Å². The fourth-order valence-corrected chi connectivity index (χ4v) is 4.93. The van der Waals surface area contributed by atoms with Gasteiger partial charge in [-0.15, -0.1) is 0 Å². The van der Waals surface area contributed by atoms with Gasteiger partial charge in [-0.3, -0.25) is 14.8 Å². The molecule has 3 aromatic rings. The number of fused-ring (bicyclic) bond motifs is 1. The number of nitrogens with two attached hydrogens (primary N) is 1. The Labute approximate surface area is 187 Å². The highest BCUT2D eigenvalue weighted by Gasteiger charge is 2.30. The number of carboxylic acids is 1. The van der Waals surface area contributed by atoms with Crippen molar-refractivity contribution in [2.75, 3.05) is 12.3 Å².